The van der Waals surface area contributed by atoms with Crippen molar-refractivity contribution >= 4 is 17.6 Å². The number of halogens is 1. The van der Waals surface area contributed by atoms with Crippen molar-refractivity contribution in [2.24, 2.45) is 5.41 Å². The third kappa shape index (κ3) is 4.23. The molecule has 2 aromatic rings. The van der Waals surface area contributed by atoms with Gasteiger partial charge in [-0.05, 0) is 24.8 Å². The molecule has 182 valence electrons. The Morgan fingerprint density at radius 2 is 1.94 bits per heavy atom. The lowest BCUT2D eigenvalue weighted by molar-refractivity contribution is -0.137. The molecule has 2 saturated heterocycles. The van der Waals surface area contributed by atoms with Crippen molar-refractivity contribution in [3.63, 3.8) is 0 Å². The van der Waals surface area contributed by atoms with Gasteiger partial charge < -0.3 is 19.6 Å². The van der Waals surface area contributed by atoms with Crippen LogP contribution in [0.1, 0.15) is 43.7 Å². The number of aromatic nitrogens is 2. The van der Waals surface area contributed by atoms with Gasteiger partial charge in [-0.3, -0.25) is 9.36 Å². The number of ether oxygens (including phenoxy) is 1. The predicted octanol–water partition coefficient (Wildman–Crippen LogP) is 3.09. The van der Waals surface area contributed by atoms with Crippen LogP contribution in [0.5, 0.6) is 0 Å². The van der Waals surface area contributed by atoms with E-state index in [0.29, 0.717) is 39.3 Å². The van der Waals surface area contributed by atoms with E-state index in [1.165, 1.54) is 17.0 Å². The highest BCUT2D eigenvalue weighted by molar-refractivity contribution is 6.29. The summed E-state index contributed by atoms with van der Waals surface area (Å²) < 4.78 is 7.16. The van der Waals surface area contributed by atoms with Gasteiger partial charge in [0.2, 0.25) is 0 Å². The van der Waals surface area contributed by atoms with Crippen molar-refractivity contribution in [2.45, 2.75) is 50.3 Å². The molecule has 1 aromatic heterocycles. The fourth-order valence-electron chi connectivity index (χ4n) is 6.03. The Balaban J connectivity index is 1.38. The summed E-state index contributed by atoms with van der Waals surface area (Å²) in [4.78, 5) is 34.1. The normalized spacial score (nSPS) is 26.7. The standard InChI is InChI=1S/C25H31ClN4O4/c26-21-14-22(31)29(18-27-21)17-25(33)10-11-28(16-24(25)8-4-5-9-24)23(32)30-12-13-34-15-20(30)19-6-2-1-3-7-19/h1-3,6-7,14,18,20,33H,4-5,8-13,15-17H2/t20-,25+/m0/s1. The van der Waals surface area contributed by atoms with Crippen molar-refractivity contribution in [2.75, 3.05) is 32.8 Å². The van der Waals surface area contributed by atoms with Crippen LogP contribution >= 0.6 is 11.6 Å². The summed E-state index contributed by atoms with van der Waals surface area (Å²) in [6, 6.07) is 11.1. The van der Waals surface area contributed by atoms with E-state index in [-0.39, 0.29) is 29.3 Å². The molecule has 3 fully saturated rings. The van der Waals surface area contributed by atoms with E-state index in [9.17, 15) is 14.7 Å². The van der Waals surface area contributed by atoms with Crippen LogP contribution in [0, 0.1) is 5.41 Å². The average molecular weight is 487 g/mol. The molecular weight excluding hydrogens is 456 g/mol. The van der Waals surface area contributed by atoms with Crippen molar-refractivity contribution < 1.29 is 14.6 Å². The fraction of sp³-hybridized carbons (Fsp3) is 0.560. The van der Waals surface area contributed by atoms with Gasteiger partial charge in [-0.15, -0.1) is 0 Å². The third-order valence-electron chi connectivity index (χ3n) is 7.94. The summed E-state index contributed by atoms with van der Waals surface area (Å²) in [7, 11) is 0. The maximum atomic E-state index is 13.8. The molecule has 2 atom stereocenters. The summed E-state index contributed by atoms with van der Waals surface area (Å²) >= 11 is 5.85. The average Bonchev–Trinajstić information content (AvgIpc) is 3.33. The molecular formula is C25H31ClN4O4. The number of carbonyl (C=O) groups is 1. The maximum Gasteiger partial charge on any atom is 0.320 e. The lowest BCUT2D eigenvalue weighted by atomic mass is 9.66. The molecule has 1 aromatic carbocycles. The summed E-state index contributed by atoms with van der Waals surface area (Å²) in [5.74, 6) is 0. The van der Waals surface area contributed by atoms with E-state index in [2.05, 4.69) is 4.98 Å². The zero-order chi connectivity index (χ0) is 23.8. The zero-order valence-corrected chi connectivity index (χ0v) is 20.0. The van der Waals surface area contributed by atoms with Crippen LogP contribution in [0.4, 0.5) is 4.79 Å². The van der Waals surface area contributed by atoms with Crippen LogP contribution in [0.15, 0.2) is 47.5 Å². The summed E-state index contributed by atoms with van der Waals surface area (Å²) in [5.41, 5.74) is -0.758. The second-order valence-electron chi connectivity index (χ2n) is 9.85. The van der Waals surface area contributed by atoms with E-state index in [1.807, 2.05) is 40.1 Å². The molecule has 2 aliphatic heterocycles. The Labute approximate surface area is 204 Å². The molecule has 5 rings (SSSR count). The summed E-state index contributed by atoms with van der Waals surface area (Å²) in [6.07, 6.45) is 5.47. The minimum absolute atomic E-state index is 0.00388. The van der Waals surface area contributed by atoms with Gasteiger partial charge in [0.1, 0.15) is 5.15 Å². The first-order valence-electron chi connectivity index (χ1n) is 12.0. The van der Waals surface area contributed by atoms with Gasteiger partial charge in [-0.25, -0.2) is 9.78 Å². The SMILES string of the molecule is O=C(N1CC[C@@](O)(Cn2cnc(Cl)cc2=O)C2(CCCC2)C1)N1CCOC[C@H]1c1ccccc1. The molecule has 2 amide bonds. The summed E-state index contributed by atoms with van der Waals surface area (Å²) in [6.45, 7) is 2.61. The predicted molar refractivity (Wildman–Crippen MR) is 128 cm³/mol. The first-order valence-corrected chi connectivity index (χ1v) is 12.4. The Morgan fingerprint density at radius 1 is 1.18 bits per heavy atom. The number of rotatable bonds is 3. The Bertz CT molecular complexity index is 1090. The number of carbonyl (C=O) groups excluding carboxylic acids is 1. The number of likely N-dealkylation sites (tertiary alicyclic amines) is 1. The molecule has 9 heteroatoms. The van der Waals surface area contributed by atoms with E-state index >= 15 is 0 Å². The minimum Gasteiger partial charge on any atom is -0.387 e. The van der Waals surface area contributed by atoms with Gasteiger partial charge in [0, 0.05) is 31.1 Å². The monoisotopic (exact) mass is 486 g/mol. The van der Waals surface area contributed by atoms with Gasteiger partial charge in [0.15, 0.2) is 0 Å². The Kier molecular flexibility index (Phi) is 6.39. The molecule has 0 bridgehead atoms. The molecule has 3 heterocycles. The lowest BCUT2D eigenvalue weighted by Crippen LogP contribution is -2.64. The molecule has 1 aliphatic carbocycles. The number of hydrogen-bond acceptors (Lipinski definition) is 5. The van der Waals surface area contributed by atoms with Crippen molar-refractivity contribution in [1.29, 1.82) is 0 Å². The zero-order valence-electron chi connectivity index (χ0n) is 19.2. The first-order chi connectivity index (χ1) is 16.4. The number of hydrogen-bond donors (Lipinski definition) is 1. The van der Waals surface area contributed by atoms with Crippen molar-refractivity contribution in [3.05, 3.63) is 63.8 Å². The van der Waals surface area contributed by atoms with E-state index in [0.717, 1.165) is 31.2 Å². The lowest BCUT2D eigenvalue weighted by Gasteiger charge is -2.53. The second-order valence-corrected chi connectivity index (χ2v) is 10.2. The number of benzene rings is 1. The molecule has 8 nitrogen and oxygen atoms in total. The maximum absolute atomic E-state index is 13.8. The molecule has 3 aliphatic rings. The third-order valence-corrected chi connectivity index (χ3v) is 8.15. The molecule has 1 spiro atoms. The van der Waals surface area contributed by atoms with E-state index < -0.39 is 11.0 Å². The van der Waals surface area contributed by atoms with E-state index in [4.69, 9.17) is 16.3 Å². The van der Waals surface area contributed by atoms with Crippen LogP contribution in [-0.2, 0) is 11.3 Å². The Morgan fingerprint density at radius 3 is 2.68 bits per heavy atom. The van der Waals surface area contributed by atoms with Gasteiger partial charge >= 0.3 is 6.03 Å². The van der Waals surface area contributed by atoms with Crippen molar-refractivity contribution in [3.8, 4) is 0 Å². The molecule has 0 radical (unpaired) electrons. The molecule has 1 saturated carbocycles. The largest absolute Gasteiger partial charge is 0.387 e. The molecule has 34 heavy (non-hydrogen) atoms. The smallest absolute Gasteiger partial charge is 0.320 e. The van der Waals surface area contributed by atoms with E-state index in [1.54, 1.807) is 0 Å². The van der Waals surface area contributed by atoms with Crippen LogP contribution in [0.2, 0.25) is 5.15 Å². The van der Waals surface area contributed by atoms with Crippen LogP contribution in [0.3, 0.4) is 0 Å². The van der Waals surface area contributed by atoms with Crippen LogP contribution in [0.25, 0.3) is 0 Å². The number of nitrogens with zero attached hydrogens (tertiary/aromatic N) is 4. The second kappa shape index (κ2) is 9.32. The number of morpholine rings is 1. The number of amides is 2. The first kappa shape index (κ1) is 23.3. The highest BCUT2D eigenvalue weighted by Crippen LogP contribution is 2.51. The van der Waals surface area contributed by atoms with Gasteiger partial charge in [-0.1, -0.05) is 54.8 Å². The highest BCUT2D eigenvalue weighted by atomic mass is 35.5. The molecule has 0 unspecified atom stereocenters. The minimum atomic E-state index is -1.09. The van der Waals surface area contributed by atoms with Gasteiger partial charge in [0.25, 0.3) is 5.56 Å². The van der Waals surface area contributed by atoms with Crippen LogP contribution < -0.4 is 5.56 Å². The number of piperidine rings is 1. The topological polar surface area (TPSA) is 87.9 Å². The summed E-state index contributed by atoms with van der Waals surface area (Å²) in [5, 5.41) is 12.1. The fourth-order valence-corrected chi connectivity index (χ4v) is 6.17. The van der Waals surface area contributed by atoms with Crippen LogP contribution in [-0.4, -0.2) is 68.9 Å². The molecule has 1 N–H and O–H groups in total. The Hall–Kier alpha value is -2.42. The van der Waals surface area contributed by atoms with Crippen molar-refractivity contribution in [1.82, 2.24) is 19.4 Å². The number of aliphatic hydroxyl groups is 1. The number of urea groups is 1. The van der Waals surface area contributed by atoms with Gasteiger partial charge in [-0.2, -0.15) is 0 Å². The highest BCUT2D eigenvalue weighted by Gasteiger charge is 2.56. The van der Waals surface area contributed by atoms with Gasteiger partial charge in [0.05, 0.1) is 37.7 Å². The quantitative estimate of drug-likeness (QED) is 0.673.